The zero-order chi connectivity index (χ0) is 14.5. The Morgan fingerprint density at radius 2 is 2.00 bits per heavy atom. The number of carbonyl (C=O) groups is 1. The Labute approximate surface area is 117 Å². The molecule has 0 saturated carbocycles. The lowest BCUT2D eigenvalue weighted by atomic mass is 9.87. The highest BCUT2D eigenvalue weighted by atomic mass is 16.5. The van der Waals surface area contributed by atoms with Crippen LogP contribution in [0.1, 0.15) is 53.9 Å². The fourth-order valence-corrected chi connectivity index (χ4v) is 2.06. The second-order valence-electron chi connectivity index (χ2n) is 6.12. The van der Waals surface area contributed by atoms with Crippen molar-refractivity contribution in [1.29, 1.82) is 0 Å². The Kier molecular flexibility index (Phi) is 5.59. The van der Waals surface area contributed by atoms with Crippen LogP contribution in [0.2, 0.25) is 0 Å². The molecule has 0 bridgehead atoms. The minimum atomic E-state index is -0.232. The van der Waals surface area contributed by atoms with Gasteiger partial charge in [0.05, 0.1) is 0 Å². The van der Waals surface area contributed by atoms with Crippen molar-refractivity contribution in [3.8, 4) is 0 Å². The summed E-state index contributed by atoms with van der Waals surface area (Å²) < 4.78 is 5.39. The van der Waals surface area contributed by atoms with Gasteiger partial charge in [0.2, 0.25) is 0 Å². The quantitative estimate of drug-likeness (QED) is 0.511. The molecule has 0 fully saturated rings. The monoisotopic (exact) mass is 262 g/mol. The van der Waals surface area contributed by atoms with Crippen LogP contribution in [-0.2, 0) is 9.53 Å². The summed E-state index contributed by atoms with van der Waals surface area (Å²) in [6.07, 6.45) is 11.5. The third-order valence-electron chi connectivity index (χ3n) is 3.45. The predicted molar refractivity (Wildman–Crippen MR) is 79.8 cm³/mol. The number of hydrogen-bond acceptors (Lipinski definition) is 2. The number of carbonyl (C=O) groups excluding carboxylic acids is 1. The van der Waals surface area contributed by atoms with Crippen molar-refractivity contribution in [2.75, 3.05) is 0 Å². The fraction of sp³-hybridized carbons (Fsp3) is 0.588. The summed E-state index contributed by atoms with van der Waals surface area (Å²) in [4.78, 5) is 11.2. The first-order chi connectivity index (χ1) is 8.80. The first-order valence-corrected chi connectivity index (χ1v) is 6.99. The van der Waals surface area contributed by atoms with Crippen molar-refractivity contribution in [2.24, 2.45) is 5.41 Å². The third-order valence-corrected chi connectivity index (χ3v) is 3.45. The fourth-order valence-electron chi connectivity index (χ4n) is 2.06. The van der Waals surface area contributed by atoms with Crippen molar-refractivity contribution in [3.05, 3.63) is 35.5 Å². The zero-order valence-corrected chi connectivity index (χ0v) is 12.8. The molecule has 0 amide bonds. The first-order valence-electron chi connectivity index (χ1n) is 6.99. The van der Waals surface area contributed by atoms with E-state index in [9.17, 15) is 4.79 Å². The van der Waals surface area contributed by atoms with E-state index in [-0.39, 0.29) is 17.5 Å². The molecule has 0 aromatic rings. The lowest BCUT2D eigenvalue weighted by Gasteiger charge is -2.20. The molecule has 2 nitrogen and oxygen atoms in total. The van der Waals surface area contributed by atoms with E-state index in [0.29, 0.717) is 0 Å². The second kappa shape index (κ2) is 6.74. The topological polar surface area (TPSA) is 26.3 Å². The molecule has 1 atom stereocenters. The maximum absolute atomic E-state index is 11.2. The van der Waals surface area contributed by atoms with E-state index in [1.165, 1.54) is 12.5 Å². The molecule has 0 saturated heterocycles. The molecular weight excluding hydrogens is 236 g/mol. The van der Waals surface area contributed by atoms with Crippen molar-refractivity contribution < 1.29 is 9.53 Å². The van der Waals surface area contributed by atoms with Gasteiger partial charge in [-0.1, -0.05) is 37.6 Å². The summed E-state index contributed by atoms with van der Waals surface area (Å²) in [6.45, 7) is 10.1. The number of rotatable bonds is 1. The van der Waals surface area contributed by atoms with Crippen LogP contribution < -0.4 is 0 Å². The minimum absolute atomic E-state index is 0.0876. The van der Waals surface area contributed by atoms with E-state index in [4.69, 9.17) is 4.74 Å². The van der Waals surface area contributed by atoms with E-state index in [1.54, 1.807) is 0 Å². The zero-order valence-electron chi connectivity index (χ0n) is 12.8. The van der Waals surface area contributed by atoms with Crippen LogP contribution in [0.4, 0.5) is 0 Å². The summed E-state index contributed by atoms with van der Waals surface area (Å²) in [7, 11) is 0. The van der Waals surface area contributed by atoms with Gasteiger partial charge in [-0.25, -0.2) is 0 Å². The number of ether oxygens (including phenoxy) is 1. The van der Waals surface area contributed by atoms with Gasteiger partial charge in [-0.15, -0.1) is 0 Å². The van der Waals surface area contributed by atoms with Gasteiger partial charge in [0, 0.05) is 6.92 Å². The van der Waals surface area contributed by atoms with Gasteiger partial charge in [-0.3, -0.25) is 4.79 Å². The van der Waals surface area contributed by atoms with E-state index in [0.717, 1.165) is 24.8 Å². The first kappa shape index (κ1) is 15.7. The number of allylic oxidation sites excluding steroid dienone is 4. The average molecular weight is 262 g/mol. The third kappa shape index (κ3) is 5.91. The molecule has 0 spiro atoms. The summed E-state index contributed by atoms with van der Waals surface area (Å²) in [6, 6.07) is 0. The Morgan fingerprint density at radius 1 is 1.32 bits per heavy atom. The largest absolute Gasteiger partial charge is 0.454 e. The Bertz CT molecular complexity index is 411. The SMILES string of the molecule is CC(=O)O[C@@H]1/C=C/C(C)(C)C/C=C(\C)CC/C=C/1C. The molecular formula is C17H26O2. The molecule has 0 radical (unpaired) electrons. The van der Waals surface area contributed by atoms with Gasteiger partial charge in [0.1, 0.15) is 6.10 Å². The van der Waals surface area contributed by atoms with Gasteiger partial charge in [-0.2, -0.15) is 0 Å². The number of esters is 1. The van der Waals surface area contributed by atoms with Crippen LogP contribution in [0.5, 0.6) is 0 Å². The summed E-state index contributed by atoms with van der Waals surface area (Å²) >= 11 is 0. The van der Waals surface area contributed by atoms with E-state index in [1.807, 2.05) is 13.0 Å². The smallest absolute Gasteiger partial charge is 0.303 e. The molecule has 1 rings (SSSR count). The van der Waals surface area contributed by atoms with Gasteiger partial charge in [0.25, 0.3) is 0 Å². The maximum atomic E-state index is 11.2. The maximum Gasteiger partial charge on any atom is 0.303 e. The Balaban J connectivity index is 2.99. The highest BCUT2D eigenvalue weighted by Crippen LogP contribution is 2.26. The average Bonchev–Trinajstić information content (AvgIpc) is 2.32. The normalized spacial score (nSPS) is 31.1. The van der Waals surface area contributed by atoms with E-state index < -0.39 is 0 Å². The highest BCUT2D eigenvalue weighted by Gasteiger charge is 2.16. The summed E-state index contributed by atoms with van der Waals surface area (Å²) in [5, 5.41) is 0. The molecule has 0 aliphatic heterocycles. The van der Waals surface area contributed by atoms with Crippen LogP contribution >= 0.6 is 0 Å². The van der Waals surface area contributed by atoms with E-state index >= 15 is 0 Å². The van der Waals surface area contributed by atoms with Gasteiger partial charge >= 0.3 is 5.97 Å². The van der Waals surface area contributed by atoms with Gasteiger partial charge < -0.3 is 4.74 Å². The molecule has 0 aromatic carbocycles. The Morgan fingerprint density at radius 3 is 2.63 bits per heavy atom. The molecule has 1 aliphatic rings. The van der Waals surface area contributed by atoms with Crippen molar-refractivity contribution >= 4 is 5.97 Å². The molecule has 106 valence electrons. The highest BCUT2D eigenvalue weighted by molar-refractivity contribution is 5.66. The molecule has 0 N–H and O–H groups in total. The lowest BCUT2D eigenvalue weighted by molar-refractivity contribution is -0.142. The molecule has 2 heteroatoms. The van der Waals surface area contributed by atoms with Crippen LogP contribution in [0.15, 0.2) is 35.5 Å². The molecule has 0 heterocycles. The summed E-state index contributed by atoms with van der Waals surface area (Å²) in [5.74, 6) is -0.232. The molecule has 0 unspecified atom stereocenters. The van der Waals surface area contributed by atoms with Crippen molar-refractivity contribution in [2.45, 2.75) is 60.0 Å². The molecule has 1 aliphatic carbocycles. The van der Waals surface area contributed by atoms with Gasteiger partial charge in [0.15, 0.2) is 0 Å². The van der Waals surface area contributed by atoms with E-state index in [2.05, 4.69) is 39.0 Å². The summed E-state index contributed by atoms with van der Waals surface area (Å²) in [5.41, 5.74) is 2.62. The van der Waals surface area contributed by atoms with Crippen LogP contribution in [-0.4, -0.2) is 12.1 Å². The second-order valence-corrected chi connectivity index (χ2v) is 6.12. The standard InChI is InChI=1S/C17H26O2/c1-13-7-6-8-14(2)16(19-15(3)18)10-12-17(4,5)11-9-13/h8-10,12,16H,6-7,11H2,1-5H3/b12-10+,13-9+,14-8+/t16-/m1/s1. The minimum Gasteiger partial charge on any atom is -0.454 e. The predicted octanol–water partition coefficient (Wildman–Crippen LogP) is 4.58. The van der Waals surface area contributed by atoms with Gasteiger partial charge in [-0.05, 0) is 50.2 Å². The van der Waals surface area contributed by atoms with Crippen molar-refractivity contribution in [3.63, 3.8) is 0 Å². The van der Waals surface area contributed by atoms with Crippen LogP contribution in [0.25, 0.3) is 0 Å². The van der Waals surface area contributed by atoms with Crippen LogP contribution in [0, 0.1) is 5.41 Å². The molecule has 19 heavy (non-hydrogen) atoms. The lowest BCUT2D eigenvalue weighted by Crippen LogP contribution is -2.16. The van der Waals surface area contributed by atoms with Crippen molar-refractivity contribution in [1.82, 2.24) is 0 Å². The van der Waals surface area contributed by atoms with Crippen LogP contribution in [0.3, 0.4) is 0 Å². The molecule has 0 aromatic heterocycles. The Hall–Kier alpha value is -1.31. The number of hydrogen-bond donors (Lipinski definition) is 0.